The number of carbonyl (C=O) groups is 1. The highest BCUT2D eigenvalue weighted by Crippen LogP contribution is 2.33. The molecular weight excluding hydrogens is 211 g/mol. The Morgan fingerprint density at radius 2 is 2.13 bits per heavy atom. The molecule has 0 bridgehead atoms. The lowest BCUT2D eigenvalue weighted by molar-refractivity contribution is -0.185. The van der Waals surface area contributed by atoms with Gasteiger partial charge in [0.25, 0.3) is 0 Å². The van der Waals surface area contributed by atoms with E-state index in [-0.39, 0.29) is 26.1 Å². The molecule has 1 heterocycles. The van der Waals surface area contributed by atoms with Crippen LogP contribution in [0.25, 0.3) is 0 Å². The SMILES string of the molecule is CCOC(=O)[C@@H]1CNC[C@H](C(F)(F)F)C1. The smallest absolute Gasteiger partial charge is 0.393 e. The van der Waals surface area contributed by atoms with Crippen LogP contribution >= 0.6 is 0 Å². The van der Waals surface area contributed by atoms with Gasteiger partial charge in [-0.05, 0) is 13.3 Å². The number of halogens is 3. The summed E-state index contributed by atoms with van der Waals surface area (Å²) >= 11 is 0. The molecule has 0 aromatic carbocycles. The van der Waals surface area contributed by atoms with Crippen LogP contribution < -0.4 is 5.32 Å². The second kappa shape index (κ2) is 4.83. The molecule has 0 aromatic heterocycles. The van der Waals surface area contributed by atoms with E-state index in [1.165, 1.54) is 0 Å². The summed E-state index contributed by atoms with van der Waals surface area (Å²) in [4.78, 5) is 11.2. The lowest BCUT2D eigenvalue weighted by Crippen LogP contribution is -2.45. The third kappa shape index (κ3) is 3.37. The van der Waals surface area contributed by atoms with E-state index in [0.717, 1.165) is 0 Å². The summed E-state index contributed by atoms with van der Waals surface area (Å²) in [6, 6.07) is 0. The number of hydrogen-bond donors (Lipinski definition) is 1. The maximum absolute atomic E-state index is 12.4. The highest BCUT2D eigenvalue weighted by Gasteiger charge is 2.43. The molecule has 1 saturated heterocycles. The van der Waals surface area contributed by atoms with Crippen molar-refractivity contribution in [2.75, 3.05) is 19.7 Å². The molecule has 0 amide bonds. The predicted octanol–water partition coefficient (Wildman–Crippen LogP) is 1.34. The van der Waals surface area contributed by atoms with Crippen molar-refractivity contribution in [3.8, 4) is 0 Å². The molecule has 0 spiro atoms. The minimum atomic E-state index is -4.24. The van der Waals surface area contributed by atoms with Crippen LogP contribution in [0.15, 0.2) is 0 Å². The minimum Gasteiger partial charge on any atom is -0.466 e. The maximum Gasteiger partial charge on any atom is 0.393 e. The summed E-state index contributed by atoms with van der Waals surface area (Å²) in [7, 11) is 0. The Balaban J connectivity index is 2.52. The molecule has 6 heteroatoms. The first-order valence-electron chi connectivity index (χ1n) is 4.89. The van der Waals surface area contributed by atoms with Crippen molar-refractivity contribution in [2.45, 2.75) is 19.5 Å². The van der Waals surface area contributed by atoms with Gasteiger partial charge >= 0.3 is 12.1 Å². The quantitative estimate of drug-likeness (QED) is 0.721. The number of ether oxygens (including phenoxy) is 1. The molecule has 1 fully saturated rings. The van der Waals surface area contributed by atoms with E-state index in [1.54, 1.807) is 6.92 Å². The van der Waals surface area contributed by atoms with Crippen molar-refractivity contribution in [1.82, 2.24) is 5.32 Å². The number of hydrogen-bond acceptors (Lipinski definition) is 3. The second-order valence-corrected chi connectivity index (χ2v) is 3.58. The molecular formula is C9H14F3NO2. The van der Waals surface area contributed by atoms with E-state index in [9.17, 15) is 18.0 Å². The van der Waals surface area contributed by atoms with Crippen LogP contribution in [-0.4, -0.2) is 31.8 Å². The van der Waals surface area contributed by atoms with Gasteiger partial charge in [0, 0.05) is 13.1 Å². The van der Waals surface area contributed by atoms with E-state index >= 15 is 0 Å². The van der Waals surface area contributed by atoms with Gasteiger partial charge in [-0.15, -0.1) is 0 Å². The summed E-state index contributed by atoms with van der Waals surface area (Å²) in [5.74, 6) is -2.66. The monoisotopic (exact) mass is 225 g/mol. The molecule has 0 radical (unpaired) electrons. The highest BCUT2D eigenvalue weighted by molar-refractivity contribution is 5.72. The molecule has 3 nitrogen and oxygen atoms in total. The summed E-state index contributed by atoms with van der Waals surface area (Å²) in [5.41, 5.74) is 0. The number of esters is 1. The van der Waals surface area contributed by atoms with Crippen LogP contribution in [0.2, 0.25) is 0 Å². The molecule has 1 aliphatic heterocycles. The highest BCUT2D eigenvalue weighted by atomic mass is 19.4. The van der Waals surface area contributed by atoms with Crippen LogP contribution in [-0.2, 0) is 9.53 Å². The van der Waals surface area contributed by atoms with Crippen LogP contribution in [0.4, 0.5) is 13.2 Å². The Kier molecular flexibility index (Phi) is 3.96. The molecule has 2 atom stereocenters. The van der Waals surface area contributed by atoms with Gasteiger partial charge in [0.05, 0.1) is 18.4 Å². The third-order valence-electron chi connectivity index (χ3n) is 2.43. The van der Waals surface area contributed by atoms with Crippen LogP contribution in [0, 0.1) is 11.8 Å². The van der Waals surface area contributed by atoms with Crippen molar-refractivity contribution in [2.24, 2.45) is 11.8 Å². The van der Waals surface area contributed by atoms with Crippen molar-refractivity contribution >= 4 is 5.97 Å². The first-order chi connectivity index (χ1) is 6.95. The molecule has 15 heavy (non-hydrogen) atoms. The van der Waals surface area contributed by atoms with Gasteiger partial charge in [0.1, 0.15) is 0 Å². The first-order valence-corrected chi connectivity index (χ1v) is 4.89. The van der Waals surface area contributed by atoms with Crippen molar-refractivity contribution < 1.29 is 22.7 Å². The van der Waals surface area contributed by atoms with Gasteiger partial charge < -0.3 is 10.1 Å². The van der Waals surface area contributed by atoms with Gasteiger partial charge in [-0.3, -0.25) is 4.79 Å². The molecule has 0 unspecified atom stereocenters. The first kappa shape index (κ1) is 12.3. The number of nitrogens with one attached hydrogen (secondary N) is 1. The summed E-state index contributed by atoms with van der Waals surface area (Å²) < 4.78 is 41.8. The topological polar surface area (TPSA) is 38.3 Å². The standard InChI is InChI=1S/C9H14F3NO2/c1-2-15-8(14)6-3-7(5-13-4-6)9(10,11)12/h6-7,13H,2-5H2,1H3/t6-,7+/m0/s1. The Morgan fingerprint density at radius 3 is 2.67 bits per heavy atom. The molecule has 1 rings (SSSR count). The Bertz CT molecular complexity index is 230. The average Bonchev–Trinajstić information content (AvgIpc) is 2.17. The number of piperidine rings is 1. The zero-order valence-corrected chi connectivity index (χ0v) is 8.43. The fourth-order valence-electron chi connectivity index (χ4n) is 1.63. The summed E-state index contributed by atoms with van der Waals surface area (Å²) in [5, 5.41) is 2.61. The molecule has 0 aromatic rings. The van der Waals surface area contributed by atoms with Crippen molar-refractivity contribution in [1.29, 1.82) is 0 Å². The summed E-state index contributed by atoms with van der Waals surface area (Å²) in [6.45, 7) is 1.99. The molecule has 88 valence electrons. The Labute approximate surface area is 86.0 Å². The third-order valence-corrected chi connectivity index (χ3v) is 2.43. The number of alkyl halides is 3. The predicted molar refractivity (Wildman–Crippen MR) is 47.2 cm³/mol. The van der Waals surface area contributed by atoms with E-state index in [0.29, 0.717) is 0 Å². The fourth-order valence-corrected chi connectivity index (χ4v) is 1.63. The molecule has 1 N–H and O–H groups in total. The number of carbonyl (C=O) groups excluding carboxylic acids is 1. The zero-order valence-electron chi connectivity index (χ0n) is 8.43. The lowest BCUT2D eigenvalue weighted by Gasteiger charge is -2.29. The van der Waals surface area contributed by atoms with E-state index in [2.05, 4.69) is 5.32 Å². The lowest BCUT2D eigenvalue weighted by atomic mass is 9.90. The van der Waals surface area contributed by atoms with Crippen LogP contribution in [0.5, 0.6) is 0 Å². The Morgan fingerprint density at radius 1 is 1.47 bits per heavy atom. The number of rotatable bonds is 2. The fraction of sp³-hybridized carbons (Fsp3) is 0.889. The van der Waals surface area contributed by atoms with Crippen LogP contribution in [0.1, 0.15) is 13.3 Å². The maximum atomic E-state index is 12.4. The summed E-state index contributed by atoms with van der Waals surface area (Å²) in [6.07, 6.45) is -4.41. The van der Waals surface area contributed by atoms with E-state index < -0.39 is 24.0 Å². The largest absolute Gasteiger partial charge is 0.466 e. The second-order valence-electron chi connectivity index (χ2n) is 3.58. The van der Waals surface area contributed by atoms with Gasteiger partial charge in [0.2, 0.25) is 0 Å². The van der Waals surface area contributed by atoms with Crippen molar-refractivity contribution in [3.05, 3.63) is 0 Å². The van der Waals surface area contributed by atoms with Crippen LogP contribution in [0.3, 0.4) is 0 Å². The van der Waals surface area contributed by atoms with Crippen molar-refractivity contribution in [3.63, 3.8) is 0 Å². The molecule has 0 saturated carbocycles. The van der Waals surface area contributed by atoms with E-state index in [4.69, 9.17) is 4.74 Å². The average molecular weight is 225 g/mol. The molecule has 1 aliphatic rings. The van der Waals surface area contributed by atoms with Gasteiger partial charge in [0.15, 0.2) is 0 Å². The van der Waals surface area contributed by atoms with Gasteiger partial charge in [-0.2, -0.15) is 13.2 Å². The zero-order chi connectivity index (χ0) is 11.5. The Hall–Kier alpha value is -0.780. The minimum absolute atomic E-state index is 0.112. The molecule has 0 aliphatic carbocycles. The van der Waals surface area contributed by atoms with E-state index in [1.807, 2.05) is 0 Å². The van der Waals surface area contributed by atoms with Gasteiger partial charge in [-0.1, -0.05) is 0 Å². The van der Waals surface area contributed by atoms with Gasteiger partial charge in [-0.25, -0.2) is 0 Å². The normalized spacial score (nSPS) is 27.5.